The maximum Gasteiger partial charge on any atom is 0.348 e. The molecular formula is C23H26N4O3S. The zero-order valence-corrected chi connectivity index (χ0v) is 18.7. The van der Waals surface area contributed by atoms with Gasteiger partial charge in [0.05, 0.1) is 10.6 Å². The molecule has 3 aromatic heterocycles. The van der Waals surface area contributed by atoms with Crippen molar-refractivity contribution in [2.45, 2.75) is 58.6 Å². The molecule has 8 heteroatoms. The third kappa shape index (κ3) is 5.36. The monoisotopic (exact) mass is 438 g/mol. The van der Waals surface area contributed by atoms with E-state index in [1.807, 2.05) is 39.0 Å². The summed E-state index contributed by atoms with van der Waals surface area (Å²) in [5, 5.41) is 17.4. The van der Waals surface area contributed by atoms with Gasteiger partial charge in [0, 0.05) is 29.9 Å². The van der Waals surface area contributed by atoms with E-state index < -0.39 is 5.97 Å². The maximum absolute atomic E-state index is 11.7. The van der Waals surface area contributed by atoms with Crippen LogP contribution in [0.15, 0.2) is 30.6 Å². The summed E-state index contributed by atoms with van der Waals surface area (Å²) in [6.45, 7) is 6.11. The fourth-order valence-electron chi connectivity index (χ4n) is 3.54. The van der Waals surface area contributed by atoms with Crippen LogP contribution in [-0.4, -0.2) is 37.8 Å². The van der Waals surface area contributed by atoms with Gasteiger partial charge in [-0.1, -0.05) is 11.8 Å². The highest BCUT2D eigenvalue weighted by molar-refractivity contribution is 7.15. The van der Waals surface area contributed by atoms with E-state index in [0.29, 0.717) is 16.4 Å². The van der Waals surface area contributed by atoms with Crippen LogP contribution in [0.5, 0.6) is 5.88 Å². The number of fused-ring (bicyclic) bond motifs is 1. The lowest BCUT2D eigenvalue weighted by atomic mass is 9.92. The number of anilines is 1. The minimum absolute atomic E-state index is 0.0983. The maximum atomic E-state index is 11.7. The second-order valence-electron chi connectivity index (χ2n) is 8.80. The summed E-state index contributed by atoms with van der Waals surface area (Å²) in [6.07, 6.45) is 7.16. The molecule has 0 atom stereocenters. The minimum Gasteiger partial charge on any atom is -0.477 e. The molecule has 1 aliphatic carbocycles. The topological polar surface area (TPSA) is 88.8 Å². The van der Waals surface area contributed by atoms with Gasteiger partial charge in [-0.3, -0.25) is 0 Å². The van der Waals surface area contributed by atoms with Crippen molar-refractivity contribution in [3.63, 3.8) is 0 Å². The summed E-state index contributed by atoms with van der Waals surface area (Å²) in [5.41, 5.74) is 1.32. The number of thiophene rings is 1. The number of imidazole rings is 1. The Hall–Kier alpha value is -3.05. The average Bonchev–Trinajstić information content (AvgIpc) is 3.34. The smallest absolute Gasteiger partial charge is 0.348 e. The highest BCUT2D eigenvalue weighted by atomic mass is 32.1. The van der Waals surface area contributed by atoms with E-state index in [2.05, 4.69) is 27.2 Å². The highest BCUT2D eigenvalue weighted by Crippen LogP contribution is 2.31. The van der Waals surface area contributed by atoms with Crippen molar-refractivity contribution in [2.75, 3.05) is 5.32 Å². The summed E-state index contributed by atoms with van der Waals surface area (Å²) in [7, 11) is 0. The van der Waals surface area contributed by atoms with Crippen LogP contribution >= 0.6 is 11.3 Å². The third-order valence-corrected chi connectivity index (χ3v) is 6.08. The first-order chi connectivity index (χ1) is 14.8. The molecule has 0 saturated heterocycles. The largest absolute Gasteiger partial charge is 0.477 e. The molecule has 0 amide bonds. The Bertz CT molecular complexity index is 1140. The zero-order valence-electron chi connectivity index (χ0n) is 17.9. The van der Waals surface area contributed by atoms with Crippen molar-refractivity contribution in [1.82, 2.24) is 14.6 Å². The van der Waals surface area contributed by atoms with Gasteiger partial charge < -0.3 is 15.2 Å². The van der Waals surface area contributed by atoms with Gasteiger partial charge in [-0.2, -0.15) is 0 Å². The highest BCUT2D eigenvalue weighted by Gasteiger charge is 2.25. The normalized spacial score (nSPS) is 18.9. The van der Waals surface area contributed by atoms with Crippen LogP contribution in [0.3, 0.4) is 0 Å². The third-order valence-electron chi connectivity index (χ3n) is 5.04. The van der Waals surface area contributed by atoms with Crippen molar-refractivity contribution >= 4 is 28.6 Å². The molecule has 3 heterocycles. The van der Waals surface area contributed by atoms with Gasteiger partial charge >= 0.3 is 5.97 Å². The van der Waals surface area contributed by atoms with E-state index in [1.165, 1.54) is 11.3 Å². The van der Waals surface area contributed by atoms with Gasteiger partial charge in [0.25, 0.3) is 0 Å². The van der Waals surface area contributed by atoms with E-state index in [-0.39, 0.29) is 17.6 Å². The van der Waals surface area contributed by atoms with Crippen LogP contribution < -0.4 is 10.1 Å². The summed E-state index contributed by atoms with van der Waals surface area (Å²) in [6, 6.07) is 5.80. The van der Waals surface area contributed by atoms with Gasteiger partial charge in [0.1, 0.15) is 11.0 Å². The number of carboxylic acids is 1. The first-order valence-electron chi connectivity index (χ1n) is 10.4. The number of rotatable bonds is 5. The number of carboxylic acid groups (broad SMARTS) is 1. The quantitative estimate of drug-likeness (QED) is 0.562. The summed E-state index contributed by atoms with van der Waals surface area (Å²) >= 11 is 1.22. The molecule has 162 valence electrons. The van der Waals surface area contributed by atoms with Crippen molar-refractivity contribution in [1.29, 1.82) is 0 Å². The number of nitrogens with one attached hydrogen (secondary N) is 1. The van der Waals surface area contributed by atoms with E-state index in [9.17, 15) is 9.90 Å². The number of hydrogen-bond acceptors (Lipinski definition) is 6. The zero-order chi connectivity index (χ0) is 22.0. The number of aromatic carboxylic acids is 1. The van der Waals surface area contributed by atoms with E-state index in [0.717, 1.165) is 36.2 Å². The lowest BCUT2D eigenvalue weighted by Gasteiger charge is -2.29. The second-order valence-corrected chi connectivity index (χ2v) is 9.85. The Morgan fingerprint density at radius 1 is 1.29 bits per heavy atom. The van der Waals surface area contributed by atoms with Crippen LogP contribution in [0.25, 0.3) is 5.65 Å². The lowest BCUT2D eigenvalue weighted by molar-refractivity contribution is 0.0703. The first-order valence-corrected chi connectivity index (χ1v) is 11.2. The molecule has 7 nitrogen and oxygen atoms in total. The Balaban J connectivity index is 1.37. The molecule has 2 N–H and O–H groups in total. The molecule has 1 aliphatic rings. The molecule has 0 bridgehead atoms. The predicted octanol–water partition coefficient (Wildman–Crippen LogP) is 4.69. The molecule has 3 aromatic rings. The van der Waals surface area contributed by atoms with Crippen LogP contribution in [0, 0.1) is 17.3 Å². The molecule has 0 aliphatic heterocycles. The molecule has 0 unspecified atom stereocenters. The molecule has 0 spiro atoms. The molecule has 0 radical (unpaired) electrons. The standard InChI is InChI=1S/C23H26N4O3S/c1-23(2,3)11-10-17-14-18(21(31-17)22(28)29)25-15-4-6-16(7-5-15)30-20-9-8-19-24-12-13-27(19)26-20/h8-9,12-16,25H,4-7H2,1-3H3,(H,28,29)/t15-,16-. The van der Waals surface area contributed by atoms with Crippen LogP contribution in [0.1, 0.15) is 61.0 Å². The SMILES string of the molecule is CC(C)(C)C#Cc1cc(N[C@H]2CC[C@H](Oc3ccc4nccn4n3)CC2)c(C(=O)O)s1. The number of hydrogen-bond donors (Lipinski definition) is 2. The van der Waals surface area contributed by atoms with Crippen molar-refractivity contribution < 1.29 is 14.6 Å². The molecule has 1 saturated carbocycles. The van der Waals surface area contributed by atoms with E-state index in [4.69, 9.17) is 4.74 Å². The first kappa shape index (κ1) is 21.2. The minimum atomic E-state index is -0.922. The Kier molecular flexibility index (Phi) is 5.88. The second kappa shape index (κ2) is 8.60. The number of nitrogens with zero attached hydrogens (tertiary/aromatic N) is 3. The summed E-state index contributed by atoms with van der Waals surface area (Å²) in [5.74, 6) is 5.96. The van der Waals surface area contributed by atoms with Gasteiger partial charge in [-0.15, -0.1) is 16.4 Å². The van der Waals surface area contributed by atoms with Gasteiger partial charge in [0.15, 0.2) is 5.65 Å². The van der Waals surface area contributed by atoms with Gasteiger partial charge in [-0.05, 0) is 58.6 Å². The predicted molar refractivity (Wildman–Crippen MR) is 121 cm³/mol. The molecular weight excluding hydrogens is 412 g/mol. The van der Waals surface area contributed by atoms with Crippen molar-refractivity contribution in [3.05, 3.63) is 40.3 Å². The molecule has 0 aromatic carbocycles. The Morgan fingerprint density at radius 2 is 2.06 bits per heavy atom. The van der Waals surface area contributed by atoms with Crippen LogP contribution in [0.2, 0.25) is 0 Å². The molecule has 1 fully saturated rings. The number of aromatic nitrogens is 3. The van der Waals surface area contributed by atoms with E-state index >= 15 is 0 Å². The van der Waals surface area contributed by atoms with Gasteiger partial charge in [0.2, 0.25) is 5.88 Å². The Labute approximate surface area is 185 Å². The van der Waals surface area contributed by atoms with Crippen molar-refractivity contribution in [3.8, 4) is 17.7 Å². The molecule has 31 heavy (non-hydrogen) atoms. The lowest BCUT2D eigenvalue weighted by Crippen LogP contribution is -2.31. The average molecular weight is 439 g/mol. The summed E-state index contributed by atoms with van der Waals surface area (Å²) in [4.78, 5) is 17.0. The Morgan fingerprint density at radius 3 is 2.77 bits per heavy atom. The summed E-state index contributed by atoms with van der Waals surface area (Å²) < 4.78 is 7.76. The van der Waals surface area contributed by atoms with Crippen LogP contribution in [0.4, 0.5) is 5.69 Å². The fraction of sp³-hybridized carbons (Fsp3) is 0.435. The van der Waals surface area contributed by atoms with E-state index in [1.54, 1.807) is 16.9 Å². The number of ether oxygens (including phenoxy) is 1. The fourth-order valence-corrected chi connectivity index (χ4v) is 4.36. The number of carbonyl (C=O) groups is 1. The van der Waals surface area contributed by atoms with Crippen molar-refractivity contribution in [2.24, 2.45) is 5.41 Å². The van der Waals surface area contributed by atoms with Gasteiger partial charge in [-0.25, -0.2) is 14.3 Å². The van der Waals surface area contributed by atoms with Crippen LogP contribution in [-0.2, 0) is 0 Å². The molecule has 4 rings (SSSR count).